The molecule has 134 valence electrons. The summed E-state index contributed by atoms with van der Waals surface area (Å²) in [6.45, 7) is 5.59. The van der Waals surface area contributed by atoms with E-state index >= 15 is 0 Å². The van der Waals surface area contributed by atoms with E-state index in [0.717, 1.165) is 25.5 Å². The maximum Gasteiger partial charge on any atom is 0.407 e. The van der Waals surface area contributed by atoms with Crippen molar-refractivity contribution < 1.29 is 19.4 Å². The van der Waals surface area contributed by atoms with Crippen LogP contribution < -0.4 is 5.32 Å². The van der Waals surface area contributed by atoms with Gasteiger partial charge in [-0.1, -0.05) is 0 Å². The van der Waals surface area contributed by atoms with Gasteiger partial charge in [-0.2, -0.15) is 0 Å². The van der Waals surface area contributed by atoms with Crippen molar-refractivity contribution in [2.24, 2.45) is 5.92 Å². The third-order valence-electron chi connectivity index (χ3n) is 4.57. The summed E-state index contributed by atoms with van der Waals surface area (Å²) in [6.07, 6.45) is 3.51. The first kappa shape index (κ1) is 18.6. The second-order valence-corrected chi connectivity index (χ2v) is 7.13. The van der Waals surface area contributed by atoms with Crippen LogP contribution >= 0.6 is 0 Å². The molecule has 1 aromatic rings. The van der Waals surface area contributed by atoms with E-state index in [1.54, 1.807) is 0 Å². The lowest BCUT2D eigenvalue weighted by Crippen LogP contribution is -2.45. The number of carbonyl (C=O) groups is 1. The summed E-state index contributed by atoms with van der Waals surface area (Å²) >= 11 is 0. The Morgan fingerprint density at radius 2 is 2.12 bits per heavy atom. The molecule has 0 radical (unpaired) electrons. The van der Waals surface area contributed by atoms with Gasteiger partial charge in [0.25, 0.3) is 0 Å². The van der Waals surface area contributed by atoms with Crippen LogP contribution in [0.2, 0.25) is 0 Å². The first-order valence-corrected chi connectivity index (χ1v) is 8.28. The number of hydrogen-bond acceptors (Lipinski definition) is 4. The van der Waals surface area contributed by atoms with Crippen LogP contribution in [0.25, 0.3) is 0 Å². The van der Waals surface area contributed by atoms with E-state index < -0.39 is 18.0 Å². The number of nitrogens with zero attached hydrogens (tertiary/aromatic N) is 2. The molecule has 1 atom stereocenters. The highest BCUT2D eigenvalue weighted by Crippen LogP contribution is 2.26. The average molecular weight is 339 g/mol. The van der Waals surface area contributed by atoms with Gasteiger partial charge < -0.3 is 20.4 Å². The van der Waals surface area contributed by atoms with E-state index in [9.17, 15) is 14.3 Å². The summed E-state index contributed by atoms with van der Waals surface area (Å²) in [4.78, 5) is 16.1. The standard InChI is InChI=1S/C17H26FN3O3/c1-17(2,8-12-3-5-21(6-4-12)16(23)24)20-11-15(22)13-7-14(18)10-19-9-13/h7,9-10,12,15,20,22H,3-6,8,11H2,1-2H3,(H,23,24)/t15-/m0/s1. The lowest BCUT2D eigenvalue weighted by molar-refractivity contribution is 0.113. The molecule has 6 nitrogen and oxygen atoms in total. The Bertz CT molecular complexity index is 560. The number of β-amino-alcohol motifs (C(OH)–C–C–N with tert-alkyl or cyclic N) is 1. The molecule has 0 bridgehead atoms. The number of aliphatic hydroxyl groups is 1. The fourth-order valence-corrected chi connectivity index (χ4v) is 3.22. The second kappa shape index (κ2) is 7.90. The number of halogens is 1. The number of hydrogen-bond donors (Lipinski definition) is 3. The first-order valence-electron chi connectivity index (χ1n) is 8.28. The summed E-state index contributed by atoms with van der Waals surface area (Å²) < 4.78 is 13.2. The van der Waals surface area contributed by atoms with Crippen molar-refractivity contribution in [3.8, 4) is 0 Å². The van der Waals surface area contributed by atoms with Crippen LogP contribution in [-0.4, -0.2) is 51.4 Å². The molecule has 7 heteroatoms. The van der Waals surface area contributed by atoms with Gasteiger partial charge in [-0.3, -0.25) is 4.98 Å². The van der Waals surface area contributed by atoms with Gasteiger partial charge in [-0.25, -0.2) is 9.18 Å². The minimum absolute atomic E-state index is 0.197. The van der Waals surface area contributed by atoms with Gasteiger partial charge in [0, 0.05) is 36.9 Å². The zero-order valence-corrected chi connectivity index (χ0v) is 14.2. The van der Waals surface area contributed by atoms with Crippen molar-refractivity contribution in [3.63, 3.8) is 0 Å². The predicted octanol–water partition coefficient (Wildman–Crippen LogP) is 2.40. The number of amides is 1. The Kier molecular flexibility index (Phi) is 6.12. The maximum absolute atomic E-state index is 13.2. The van der Waals surface area contributed by atoms with Gasteiger partial charge in [-0.15, -0.1) is 0 Å². The maximum atomic E-state index is 13.2. The Morgan fingerprint density at radius 3 is 2.71 bits per heavy atom. The van der Waals surface area contributed by atoms with E-state index in [2.05, 4.69) is 24.1 Å². The number of nitrogens with one attached hydrogen (secondary N) is 1. The minimum atomic E-state index is -0.849. The molecule has 0 unspecified atom stereocenters. The van der Waals surface area contributed by atoms with Gasteiger partial charge in [0.15, 0.2) is 0 Å². The third-order valence-corrected chi connectivity index (χ3v) is 4.57. The normalized spacial score (nSPS) is 17.8. The van der Waals surface area contributed by atoms with Crippen molar-refractivity contribution in [3.05, 3.63) is 29.8 Å². The molecule has 24 heavy (non-hydrogen) atoms. The minimum Gasteiger partial charge on any atom is -0.465 e. The summed E-state index contributed by atoms with van der Waals surface area (Å²) in [5, 5.41) is 22.5. The molecule has 3 N–H and O–H groups in total. The third kappa shape index (κ3) is 5.42. The Balaban J connectivity index is 1.80. The number of likely N-dealkylation sites (tertiary alicyclic amines) is 1. The summed E-state index contributed by atoms with van der Waals surface area (Å²) in [6, 6.07) is 1.29. The van der Waals surface area contributed by atoms with E-state index in [-0.39, 0.29) is 5.54 Å². The highest BCUT2D eigenvalue weighted by molar-refractivity contribution is 5.64. The molecule has 2 rings (SSSR count). The molecule has 1 fully saturated rings. The number of aromatic nitrogens is 1. The van der Waals surface area contributed by atoms with Crippen LogP contribution in [0.4, 0.5) is 9.18 Å². The van der Waals surface area contributed by atoms with Crippen LogP contribution in [0.1, 0.15) is 44.8 Å². The van der Waals surface area contributed by atoms with Crippen LogP contribution in [0.15, 0.2) is 18.5 Å². The molecule has 0 saturated carbocycles. The van der Waals surface area contributed by atoms with Crippen molar-refractivity contribution in [2.75, 3.05) is 19.6 Å². The van der Waals surface area contributed by atoms with E-state index in [4.69, 9.17) is 5.11 Å². The smallest absolute Gasteiger partial charge is 0.407 e. The van der Waals surface area contributed by atoms with Gasteiger partial charge in [-0.05, 0) is 45.1 Å². The van der Waals surface area contributed by atoms with Crippen molar-refractivity contribution in [1.82, 2.24) is 15.2 Å². The van der Waals surface area contributed by atoms with Gasteiger partial charge in [0.2, 0.25) is 0 Å². The van der Waals surface area contributed by atoms with E-state index in [1.165, 1.54) is 17.2 Å². The summed E-state index contributed by atoms with van der Waals surface area (Å²) in [7, 11) is 0. The second-order valence-electron chi connectivity index (χ2n) is 7.13. The number of rotatable bonds is 6. The summed E-state index contributed by atoms with van der Waals surface area (Å²) in [5.74, 6) is -0.00733. The fourth-order valence-electron chi connectivity index (χ4n) is 3.22. The van der Waals surface area contributed by atoms with Crippen LogP contribution in [-0.2, 0) is 0 Å². The number of pyridine rings is 1. The molecule has 1 aliphatic heterocycles. The molecule has 0 aliphatic carbocycles. The molecule has 0 spiro atoms. The predicted molar refractivity (Wildman–Crippen MR) is 88.2 cm³/mol. The van der Waals surface area contributed by atoms with Crippen LogP contribution in [0, 0.1) is 11.7 Å². The molecule has 1 aliphatic rings. The van der Waals surface area contributed by atoms with Gasteiger partial charge in [0.05, 0.1) is 12.3 Å². The van der Waals surface area contributed by atoms with Gasteiger partial charge >= 0.3 is 6.09 Å². The molecule has 1 aromatic heterocycles. The zero-order chi connectivity index (χ0) is 17.7. The number of aliphatic hydroxyl groups excluding tert-OH is 1. The van der Waals surface area contributed by atoms with Crippen molar-refractivity contribution in [2.45, 2.75) is 44.8 Å². The highest BCUT2D eigenvalue weighted by Gasteiger charge is 2.28. The quantitative estimate of drug-likeness (QED) is 0.741. The van der Waals surface area contributed by atoms with Crippen molar-refractivity contribution in [1.29, 1.82) is 0 Å². The van der Waals surface area contributed by atoms with E-state index in [1.807, 2.05) is 0 Å². The van der Waals surface area contributed by atoms with Crippen LogP contribution in [0.5, 0.6) is 0 Å². The average Bonchev–Trinajstić information content (AvgIpc) is 2.53. The van der Waals surface area contributed by atoms with Crippen molar-refractivity contribution >= 4 is 6.09 Å². The Hall–Kier alpha value is -1.73. The van der Waals surface area contributed by atoms with Crippen LogP contribution in [0.3, 0.4) is 0 Å². The molecule has 1 amide bonds. The Labute approximate surface area is 141 Å². The largest absolute Gasteiger partial charge is 0.465 e. The molecule has 1 saturated heterocycles. The molecule has 2 heterocycles. The fraction of sp³-hybridized carbons (Fsp3) is 0.647. The SMILES string of the molecule is CC(C)(CC1CCN(C(=O)O)CC1)NC[C@H](O)c1cncc(F)c1. The zero-order valence-electron chi connectivity index (χ0n) is 14.2. The van der Waals surface area contributed by atoms with E-state index in [0.29, 0.717) is 31.1 Å². The lowest BCUT2D eigenvalue weighted by Gasteiger charge is -2.36. The summed E-state index contributed by atoms with van der Waals surface area (Å²) in [5.41, 5.74) is 0.255. The lowest BCUT2D eigenvalue weighted by atomic mass is 9.84. The molecule has 0 aromatic carbocycles. The molecular formula is C17H26FN3O3. The number of piperidine rings is 1. The molecular weight excluding hydrogens is 313 g/mol. The monoisotopic (exact) mass is 339 g/mol. The number of carboxylic acid groups (broad SMARTS) is 1. The topological polar surface area (TPSA) is 85.7 Å². The highest BCUT2D eigenvalue weighted by atomic mass is 19.1. The first-order chi connectivity index (χ1) is 11.3. The van der Waals surface area contributed by atoms with Gasteiger partial charge in [0.1, 0.15) is 5.82 Å². The Morgan fingerprint density at radius 1 is 1.46 bits per heavy atom.